The van der Waals surface area contributed by atoms with Gasteiger partial charge in [0.25, 0.3) is 0 Å². The maximum atomic E-state index is 13.2. The number of benzene rings is 2. The molecule has 1 saturated heterocycles. The predicted molar refractivity (Wildman–Crippen MR) is 131 cm³/mol. The van der Waals surface area contributed by atoms with Crippen LogP contribution in [0.3, 0.4) is 0 Å². The summed E-state index contributed by atoms with van der Waals surface area (Å²) in [5.74, 6) is 0.538. The smallest absolute Gasteiger partial charge is 0.231 e. The number of pyridine rings is 1. The van der Waals surface area contributed by atoms with E-state index in [-0.39, 0.29) is 17.6 Å². The van der Waals surface area contributed by atoms with Crippen molar-refractivity contribution in [2.24, 2.45) is 0 Å². The van der Waals surface area contributed by atoms with Gasteiger partial charge in [0, 0.05) is 32.7 Å². The zero-order valence-corrected chi connectivity index (χ0v) is 19.1. The normalized spacial score (nSPS) is 15.6. The molecule has 0 radical (unpaired) electrons. The van der Waals surface area contributed by atoms with Crippen LogP contribution < -0.4 is 10.2 Å². The Bertz CT molecular complexity index is 1020. The third-order valence-electron chi connectivity index (χ3n) is 6.17. The second kappa shape index (κ2) is 11.1. The molecule has 1 aliphatic rings. The van der Waals surface area contributed by atoms with Gasteiger partial charge in [0.05, 0.1) is 17.8 Å². The van der Waals surface area contributed by atoms with Crippen molar-refractivity contribution in [2.75, 3.05) is 36.4 Å². The first-order valence-corrected chi connectivity index (χ1v) is 11.7. The molecule has 1 unspecified atom stereocenters. The van der Waals surface area contributed by atoms with Crippen LogP contribution in [0.1, 0.15) is 36.8 Å². The van der Waals surface area contributed by atoms with Crippen LogP contribution in [0.2, 0.25) is 0 Å². The number of hydrogen-bond donors (Lipinski definition) is 1. The summed E-state index contributed by atoms with van der Waals surface area (Å²) in [7, 11) is 0. The van der Waals surface area contributed by atoms with Crippen LogP contribution in [0.15, 0.2) is 72.9 Å². The van der Waals surface area contributed by atoms with Crippen LogP contribution in [-0.4, -0.2) is 42.0 Å². The fourth-order valence-corrected chi connectivity index (χ4v) is 4.34. The third kappa shape index (κ3) is 6.17. The van der Waals surface area contributed by atoms with Crippen molar-refractivity contribution in [1.29, 1.82) is 0 Å². The van der Waals surface area contributed by atoms with E-state index in [0.717, 1.165) is 62.5 Å². The number of nitrogens with zero attached hydrogens (tertiary/aromatic N) is 3. The molecule has 1 amide bonds. The van der Waals surface area contributed by atoms with Gasteiger partial charge in [0.15, 0.2) is 0 Å². The molecule has 0 saturated carbocycles. The first-order valence-electron chi connectivity index (χ1n) is 11.7. The molecule has 0 aliphatic carbocycles. The van der Waals surface area contributed by atoms with Gasteiger partial charge in [-0.25, -0.2) is 9.37 Å². The number of nitrogens with one attached hydrogen (secondary N) is 1. The molecular weight excluding hydrogens is 415 g/mol. The van der Waals surface area contributed by atoms with Crippen molar-refractivity contribution in [3.8, 4) is 0 Å². The Balaban J connectivity index is 1.33. The lowest BCUT2D eigenvalue weighted by Crippen LogP contribution is -2.31. The van der Waals surface area contributed by atoms with Gasteiger partial charge >= 0.3 is 0 Å². The summed E-state index contributed by atoms with van der Waals surface area (Å²) in [5.41, 5.74) is 2.87. The quantitative estimate of drug-likeness (QED) is 0.551. The van der Waals surface area contributed by atoms with Crippen LogP contribution in [0.4, 0.5) is 15.9 Å². The number of rotatable bonds is 7. The lowest BCUT2D eigenvalue weighted by Gasteiger charge is -2.23. The van der Waals surface area contributed by atoms with Crippen LogP contribution in [0.25, 0.3) is 0 Å². The zero-order chi connectivity index (χ0) is 23.0. The number of halogens is 1. The average Bonchev–Trinajstić information content (AvgIpc) is 3.08. The number of aromatic nitrogens is 1. The van der Waals surface area contributed by atoms with Crippen molar-refractivity contribution in [2.45, 2.75) is 32.2 Å². The fourth-order valence-electron chi connectivity index (χ4n) is 4.34. The SMILES string of the molecule is CCC(C(=O)Nc1ccc(N2CCCN(Cc3ccc(F)cc3)CC2)nc1)c1ccccc1. The molecule has 33 heavy (non-hydrogen) atoms. The highest BCUT2D eigenvalue weighted by molar-refractivity contribution is 5.95. The highest BCUT2D eigenvalue weighted by atomic mass is 19.1. The first-order chi connectivity index (χ1) is 16.1. The summed E-state index contributed by atoms with van der Waals surface area (Å²) in [5, 5.41) is 3.02. The van der Waals surface area contributed by atoms with Crippen molar-refractivity contribution in [3.05, 3.63) is 89.9 Å². The molecule has 172 valence electrons. The maximum Gasteiger partial charge on any atom is 0.231 e. The van der Waals surface area contributed by atoms with Crippen LogP contribution >= 0.6 is 0 Å². The molecule has 0 bridgehead atoms. The third-order valence-corrected chi connectivity index (χ3v) is 6.17. The Kier molecular flexibility index (Phi) is 7.68. The van der Waals surface area contributed by atoms with Gasteiger partial charge in [-0.15, -0.1) is 0 Å². The molecule has 1 atom stereocenters. The van der Waals surface area contributed by atoms with Crippen LogP contribution in [0.5, 0.6) is 0 Å². The molecule has 1 aliphatic heterocycles. The minimum atomic E-state index is -0.197. The second-order valence-electron chi connectivity index (χ2n) is 8.51. The minimum absolute atomic E-state index is 0.00976. The van der Waals surface area contributed by atoms with Gasteiger partial charge in [-0.1, -0.05) is 49.4 Å². The lowest BCUT2D eigenvalue weighted by molar-refractivity contribution is -0.117. The molecule has 2 aromatic carbocycles. The van der Waals surface area contributed by atoms with Crippen LogP contribution in [0, 0.1) is 5.82 Å². The highest BCUT2D eigenvalue weighted by Crippen LogP contribution is 2.22. The Morgan fingerprint density at radius 1 is 1.00 bits per heavy atom. The van der Waals surface area contributed by atoms with Gasteiger partial charge in [-0.3, -0.25) is 9.69 Å². The second-order valence-corrected chi connectivity index (χ2v) is 8.51. The van der Waals surface area contributed by atoms with Gasteiger partial charge in [-0.05, 0) is 48.2 Å². The Labute approximate surface area is 195 Å². The summed E-state index contributed by atoms with van der Waals surface area (Å²) in [4.78, 5) is 22.1. The van der Waals surface area contributed by atoms with Crippen molar-refractivity contribution >= 4 is 17.4 Å². The summed E-state index contributed by atoms with van der Waals surface area (Å²) in [6.45, 7) is 6.59. The number of carbonyl (C=O) groups is 1. The largest absolute Gasteiger partial charge is 0.355 e. The van der Waals surface area contributed by atoms with Crippen LogP contribution in [-0.2, 0) is 11.3 Å². The van der Waals surface area contributed by atoms with Gasteiger partial charge in [-0.2, -0.15) is 0 Å². The topological polar surface area (TPSA) is 48.5 Å². The molecule has 5 nitrogen and oxygen atoms in total. The van der Waals surface area contributed by atoms with Crippen molar-refractivity contribution < 1.29 is 9.18 Å². The Hall–Kier alpha value is -3.25. The number of hydrogen-bond acceptors (Lipinski definition) is 4. The fraction of sp³-hybridized carbons (Fsp3) is 0.333. The van der Waals surface area contributed by atoms with E-state index in [1.807, 2.05) is 61.5 Å². The van der Waals surface area contributed by atoms with E-state index < -0.39 is 0 Å². The molecular formula is C27H31FN4O. The Morgan fingerprint density at radius 2 is 1.79 bits per heavy atom. The van der Waals surface area contributed by atoms with E-state index in [1.54, 1.807) is 6.20 Å². The lowest BCUT2D eigenvalue weighted by atomic mass is 9.95. The molecule has 1 aromatic heterocycles. The van der Waals surface area contributed by atoms with Gasteiger partial charge < -0.3 is 10.2 Å². The molecule has 1 N–H and O–H groups in total. The van der Waals surface area contributed by atoms with Gasteiger partial charge in [0.2, 0.25) is 5.91 Å². The minimum Gasteiger partial charge on any atom is -0.355 e. The van der Waals surface area contributed by atoms with E-state index in [9.17, 15) is 9.18 Å². The predicted octanol–water partition coefficient (Wildman–Crippen LogP) is 5.07. The van der Waals surface area contributed by atoms with E-state index in [4.69, 9.17) is 0 Å². The molecule has 2 heterocycles. The van der Waals surface area contributed by atoms with Crippen molar-refractivity contribution in [3.63, 3.8) is 0 Å². The number of carbonyl (C=O) groups excluding carboxylic acids is 1. The number of anilines is 2. The molecule has 0 spiro atoms. The Morgan fingerprint density at radius 3 is 2.48 bits per heavy atom. The van der Waals surface area contributed by atoms with Gasteiger partial charge in [0.1, 0.15) is 11.6 Å². The molecule has 3 aromatic rings. The molecule has 4 rings (SSSR count). The van der Waals surface area contributed by atoms with Crippen molar-refractivity contribution in [1.82, 2.24) is 9.88 Å². The monoisotopic (exact) mass is 446 g/mol. The standard InChI is InChI=1S/C27H31FN4O/c1-2-25(22-7-4-3-5-8-22)27(33)30-24-13-14-26(29-19-24)32-16-6-15-31(17-18-32)20-21-9-11-23(28)12-10-21/h3-5,7-14,19,25H,2,6,15-18,20H2,1H3,(H,30,33). The maximum absolute atomic E-state index is 13.2. The summed E-state index contributed by atoms with van der Waals surface area (Å²) >= 11 is 0. The highest BCUT2D eigenvalue weighted by Gasteiger charge is 2.19. The zero-order valence-electron chi connectivity index (χ0n) is 19.1. The molecule has 6 heteroatoms. The average molecular weight is 447 g/mol. The summed E-state index contributed by atoms with van der Waals surface area (Å²) in [6.07, 6.45) is 3.52. The van der Waals surface area contributed by atoms with E-state index in [1.165, 1.54) is 12.1 Å². The summed E-state index contributed by atoms with van der Waals surface area (Å²) in [6, 6.07) is 20.5. The van der Waals surface area contributed by atoms with E-state index >= 15 is 0 Å². The molecule has 1 fully saturated rings. The van der Waals surface area contributed by atoms with E-state index in [2.05, 4.69) is 20.1 Å². The first kappa shape index (κ1) is 22.9. The number of amides is 1. The van der Waals surface area contributed by atoms with E-state index in [0.29, 0.717) is 5.69 Å². The summed E-state index contributed by atoms with van der Waals surface area (Å²) < 4.78 is 13.2.